The van der Waals surface area contributed by atoms with Crippen molar-refractivity contribution in [3.63, 3.8) is 0 Å². The van der Waals surface area contributed by atoms with E-state index in [1.807, 2.05) is 6.92 Å². The van der Waals surface area contributed by atoms with Crippen LogP contribution in [0.2, 0.25) is 5.02 Å². The zero-order valence-electron chi connectivity index (χ0n) is 16.7. The average molecular weight is 414 g/mol. The number of hydrogen-bond acceptors (Lipinski definition) is 3. The standard InChI is InChI=1S/C23H24ClNO4/c1-4-5-12-23(3,22(28)29)20-14(2)25(19-11-10-17(26)13-18(19)20)21(27)15-6-8-16(24)9-7-15/h6-11,13,26H,4-5,12H2,1-3H3,(H,28,29)/t23-/m0/s1. The summed E-state index contributed by atoms with van der Waals surface area (Å²) in [4.78, 5) is 25.6. The Morgan fingerprint density at radius 2 is 1.79 bits per heavy atom. The van der Waals surface area contributed by atoms with Gasteiger partial charge in [0.25, 0.3) is 5.91 Å². The van der Waals surface area contributed by atoms with Gasteiger partial charge in [0.15, 0.2) is 0 Å². The molecule has 0 bridgehead atoms. The molecule has 2 N–H and O–H groups in total. The maximum atomic E-state index is 13.3. The van der Waals surface area contributed by atoms with Gasteiger partial charge in [-0.3, -0.25) is 14.2 Å². The molecule has 1 aromatic heterocycles. The van der Waals surface area contributed by atoms with Gasteiger partial charge in [-0.1, -0.05) is 31.4 Å². The Morgan fingerprint density at radius 3 is 2.38 bits per heavy atom. The molecule has 29 heavy (non-hydrogen) atoms. The summed E-state index contributed by atoms with van der Waals surface area (Å²) in [5, 5.41) is 21.3. The number of carbonyl (C=O) groups excluding carboxylic acids is 1. The maximum absolute atomic E-state index is 13.3. The number of hydrogen-bond donors (Lipinski definition) is 2. The first-order chi connectivity index (χ1) is 13.7. The highest BCUT2D eigenvalue weighted by Gasteiger charge is 2.40. The van der Waals surface area contributed by atoms with Crippen LogP contribution in [0.25, 0.3) is 10.9 Å². The zero-order valence-corrected chi connectivity index (χ0v) is 17.5. The Labute approximate surface area is 174 Å². The summed E-state index contributed by atoms with van der Waals surface area (Å²) in [6.45, 7) is 5.45. The number of phenols is 1. The minimum atomic E-state index is -1.18. The van der Waals surface area contributed by atoms with Crippen molar-refractivity contribution in [1.82, 2.24) is 4.57 Å². The number of carboxylic acid groups (broad SMARTS) is 1. The fourth-order valence-corrected chi connectivity index (χ4v) is 4.08. The highest BCUT2D eigenvalue weighted by atomic mass is 35.5. The molecule has 0 radical (unpaired) electrons. The first kappa shape index (κ1) is 20.9. The molecule has 0 spiro atoms. The summed E-state index contributed by atoms with van der Waals surface area (Å²) in [5.41, 5.74) is 0.953. The number of aromatic nitrogens is 1. The minimum absolute atomic E-state index is 0.0260. The Bertz CT molecular complexity index is 1080. The van der Waals surface area contributed by atoms with Crippen molar-refractivity contribution < 1.29 is 19.8 Å². The second kappa shape index (κ2) is 7.91. The van der Waals surface area contributed by atoms with Gasteiger partial charge in [-0.2, -0.15) is 0 Å². The van der Waals surface area contributed by atoms with Crippen LogP contribution in [-0.4, -0.2) is 26.7 Å². The van der Waals surface area contributed by atoms with Gasteiger partial charge in [0, 0.05) is 21.7 Å². The molecule has 3 aromatic rings. The SMILES string of the molecule is CCCC[C@](C)(C(=O)O)c1c(C)n(C(=O)c2ccc(Cl)cc2)c2ccc(O)cc12. The van der Waals surface area contributed by atoms with E-state index in [-0.39, 0.29) is 11.7 Å². The number of halogens is 1. The molecule has 0 fully saturated rings. The van der Waals surface area contributed by atoms with Crippen molar-refractivity contribution in [2.45, 2.75) is 45.4 Å². The number of fused-ring (bicyclic) bond motifs is 1. The third kappa shape index (κ3) is 3.62. The molecule has 1 heterocycles. The van der Waals surface area contributed by atoms with Crippen LogP contribution < -0.4 is 0 Å². The van der Waals surface area contributed by atoms with Gasteiger partial charge >= 0.3 is 5.97 Å². The molecule has 0 aliphatic rings. The number of nitrogens with zero attached hydrogens (tertiary/aromatic N) is 1. The van der Waals surface area contributed by atoms with Gasteiger partial charge in [0.1, 0.15) is 5.75 Å². The van der Waals surface area contributed by atoms with Crippen molar-refractivity contribution in [3.8, 4) is 5.75 Å². The van der Waals surface area contributed by atoms with Gasteiger partial charge in [-0.25, -0.2) is 0 Å². The van der Waals surface area contributed by atoms with E-state index in [0.717, 1.165) is 12.8 Å². The zero-order chi connectivity index (χ0) is 21.3. The Hall–Kier alpha value is -2.79. The number of rotatable bonds is 6. The van der Waals surface area contributed by atoms with Crippen molar-refractivity contribution in [3.05, 3.63) is 64.3 Å². The van der Waals surface area contributed by atoms with E-state index < -0.39 is 11.4 Å². The minimum Gasteiger partial charge on any atom is -0.508 e. The predicted molar refractivity (Wildman–Crippen MR) is 114 cm³/mol. The predicted octanol–water partition coefficient (Wildman–Crippen LogP) is 5.53. The molecular formula is C23H24ClNO4. The number of benzene rings is 2. The van der Waals surface area contributed by atoms with Gasteiger partial charge in [-0.05, 0) is 68.3 Å². The first-order valence-electron chi connectivity index (χ1n) is 9.59. The quantitative estimate of drug-likeness (QED) is 0.556. The third-order valence-electron chi connectivity index (χ3n) is 5.54. The molecule has 0 amide bonds. The van der Waals surface area contributed by atoms with Crippen LogP contribution in [0.15, 0.2) is 42.5 Å². The summed E-state index contributed by atoms with van der Waals surface area (Å²) in [6.07, 6.45) is 2.03. The van der Waals surface area contributed by atoms with Crippen LogP contribution >= 0.6 is 11.6 Å². The van der Waals surface area contributed by atoms with E-state index in [9.17, 15) is 19.8 Å². The van der Waals surface area contributed by atoms with Crippen LogP contribution in [0.4, 0.5) is 0 Å². The van der Waals surface area contributed by atoms with Crippen molar-refractivity contribution in [2.24, 2.45) is 0 Å². The van der Waals surface area contributed by atoms with Crippen molar-refractivity contribution in [1.29, 1.82) is 0 Å². The molecule has 5 nitrogen and oxygen atoms in total. The summed E-state index contributed by atoms with van der Waals surface area (Å²) in [6, 6.07) is 11.3. The Balaban J connectivity index is 2.31. The van der Waals surface area contributed by atoms with Gasteiger partial charge in [-0.15, -0.1) is 0 Å². The molecule has 1 atom stereocenters. The van der Waals surface area contributed by atoms with Crippen LogP contribution in [0.5, 0.6) is 5.75 Å². The largest absolute Gasteiger partial charge is 0.508 e. The molecule has 152 valence electrons. The van der Waals surface area contributed by atoms with Crippen LogP contribution in [0.3, 0.4) is 0 Å². The first-order valence-corrected chi connectivity index (χ1v) is 9.96. The van der Waals surface area contributed by atoms with Gasteiger partial charge in [0.2, 0.25) is 0 Å². The molecule has 0 saturated heterocycles. The maximum Gasteiger partial charge on any atom is 0.313 e. The number of carbonyl (C=O) groups is 2. The van der Waals surface area contributed by atoms with Crippen molar-refractivity contribution in [2.75, 3.05) is 0 Å². The fourth-order valence-electron chi connectivity index (χ4n) is 3.96. The molecule has 0 saturated carbocycles. The summed E-state index contributed by atoms with van der Waals surface area (Å²) >= 11 is 5.94. The van der Waals surface area contributed by atoms with E-state index in [4.69, 9.17) is 11.6 Å². The summed E-state index contributed by atoms with van der Waals surface area (Å²) < 4.78 is 1.53. The monoisotopic (exact) mass is 413 g/mol. The van der Waals surface area contributed by atoms with E-state index in [1.54, 1.807) is 44.2 Å². The Kier molecular flexibility index (Phi) is 5.71. The second-order valence-electron chi connectivity index (χ2n) is 7.55. The summed E-state index contributed by atoms with van der Waals surface area (Å²) in [5.74, 6) is -1.20. The van der Waals surface area contributed by atoms with Crippen molar-refractivity contribution >= 4 is 34.4 Å². The van der Waals surface area contributed by atoms with E-state index in [2.05, 4.69) is 0 Å². The number of phenolic OH excluding ortho intramolecular Hbond substituents is 1. The molecular weight excluding hydrogens is 390 g/mol. The molecule has 0 unspecified atom stereocenters. The lowest BCUT2D eigenvalue weighted by Crippen LogP contribution is -2.33. The topological polar surface area (TPSA) is 79.5 Å². The number of carboxylic acids is 1. The van der Waals surface area contributed by atoms with Crippen LogP contribution in [-0.2, 0) is 10.2 Å². The van der Waals surface area contributed by atoms with E-state index in [0.29, 0.717) is 39.2 Å². The lowest BCUT2D eigenvalue weighted by molar-refractivity contribution is -0.143. The summed E-state index contributed by atoms with van der Waals surface area (Å²) in [7, 11) is 0. The molecule has 0 aliphatic heterocycles. The van der Waals surface area contributed by atoms with Crippen LogP contribution in [0.1, 0.15) is 54.7 Å². The molecule has 3 rings (SSSR count). The Morgan fingerprint density at radius 1 is 1.14 bits per heavy atom. The fraction of sp³-hybridized carbons (Fsp3) is 0.304. The average Bonchev–Trinajstić information content (AvgIpc) is 2.97. The lowest BCUT2D eigenvalue weighted by atomic mass is 9.76. The van der Waals surface area contributed by atoms with E-state index in [1.165, 1.54) is 16.7 Å². The number of aliphatic carboxylic acids is 1. The van der Waals surface area contributed by atoms with Gasteiger partial charge < -0.3 is 10.2 Å². The third-order valence-corrected chi connectivity index (χ3v) is 5.79. The normalized spacial score (nSPS) is 13.4. The molecule has 2 aromatic carbocycles. The highest BCUT2D eigenvalue weighted by Crippen LogP contribution is 2.40. The van der Waals surface area contributed by atoms with E-state index >= 15 is 0 Å². The number of aromatic hydroxyl groups is 1. The van der Waals surface area contributed by atoms with Crippen LogP contribution in [0, 0.1) is 6.92 Å². The smallest absolute Gasteiger partial charge is 0.313 e. The lowest BCUT2D eigenvalue weighted by Gasteiger charge is -2.26. The molecule has 6 heteroatoms. The highest BCUT2D eigenvalue weighted by molar-refractivity contribution is 6.30. The number of unbranched alkanes of at least 4 members (excludes halogenated alkanes) is 1. The van der Waals surface area contributed by atoms with Gasteiger partial charge in [0.05, 0.1) is 10.9 Å². The second-order valence-corrected chi connectivity index (χ2v) is 7.99. The molecule has 0 aliphatic carbocycles.